The van der Waals surface area contributed by atoms with E-state index in [-0.39, 0.29) is 5.91 Å². The van der Waals surface area contributed by atoms with E-state index >= 15 is 0 Å². The Balaban J connectivity index is 1.79. The lowest BCUT2D eigenvalue weighted by molar-refractivity contribution is 0.0684. The first-order valence-electron chi connectivity index (χ1n) is 9.59. The van der Waals surface area contributed by atoms with Gasteiger partial charge in [-0.05, 0) is 62.1 Å². The highest BCUT2D eigenvalue weighted by atomic mass is 79.9. The van der Waals surface area contributed by atoms with Crippen LogP contribution < -0.4 is 5.32 Å². The molecule has 1 aliphatic rings. The maximum absolute atomic E-state index is 13.3. The number of aromatic nitrogens is 2. The molecule has 0 unspecified atom stereocenters. The number of anilines is 2. The number of benzene rings is 1. The van der Waals surface area contributed by atoms with E-state index in [1.165, 1.54) is 6.42 Å². The summed E-state index contributed by atoms with van der Waals surface area (Å²) in [4.78, 5) is 24.3. The molecule has 0 spiro atoms. The number of pyridine rings is 2. The quantitative estimate of drug-likeness (QED) is 0.601. The van der Waals surface area contributed by atoms with Crippen LogP contribution in [0.5, 0.6) is 0 Å². The highest BCUT2D eigenvalue weighted by Crippen LogP contribution is 2.31. The number of nitrogens with zero attached hydrogens (tertiary/aromatic N) is 3. The zero-order chi connectivity index (χ0) is 19.7. The Hall–Kier alpha value is -2.47. The molecule has 1 saturated heterocycles. The Bertz CT molecular complexity index is 1020. The Morgan fingerprint density at radius 3 is 2.75 bits per heavy atom. The smallest absolute Gasteiger partial charge is 0.257 e. The molecule has 28 heavy (non-hydrogen) atoms. The minimum atomic E-state index is 0.0288. The summed E-state index contributed by atoms with van der Waals surface area (Å²) in [6, 6.07) is 11.9. The highest BCUT2D eigenvalue weighted by Gasteiger charge is 2.25. The average Bonchev–Trinajstić information content (AvgIpc) is 2.69. The van der Waals surface area contributed by atoms with E-state index in [2.05, 4.69) is 38.1 Å². The summed E-state index contributed by atoms with van der Waals surface area (Å²) >= 11 is 3.47. The molecule has 1 atom stereocenters. The highest BCUT2D eigenvalue weighted by molar-refractivity contribution is 9.10. The molecule has 1 amide bonds. The molecule has 0 aliphatic carbocycles. The van der Waals surface area contributed by atoms with Crippen molar-refractivity contribution in [3.63, 3.8) is 0 Å². The van der Waals surface area contributed by atoms with E-state index in [0.29, 0.717) is 17.1 Å². The minimum Gasteiger partial charge on any atom is -0.354 e. The minimum absolute atomic E-state index is 0.0288. The van der Waals surface area contributed by atoms with Crippen LogP contribution in [-0.2, 0) is 0 Å². The number of hydrogen-bond donors (Lipinski definition) is 1. The molecule has 0 bridgehead atoms. The lowest BCUT2D eigenvalue weighted by Gasteiger charge is -2.31. The van der Waals surface area contributed by atoms with E-state index in [1.54, 1.807) is 6.20 Å². The number of nitrogens with one attached hydrogen (secondary N) is 1. The van der Waals surface area contributed by atoms with Crippen molar-refractivity contribution >= 4 is 44.2 Å². The van der Waals surface area contributed by atoms with Gasteiger partial charge in [-0.15, -0.1) is 0 Å². The molecule has 5 nitrogen and oxygen atoms in total. The predicted molar refractivity (Wildman–Crippen MR) is 116 cm³/mol. The van der Waals surface area contributed by atoms with Crippen molar-refractivity contribution in [3.05, 3.63) is 58.3 Å². The molecule has 0 radical (unpaired) electrons. The van der Waals surface area contributed by atoms with Gasteiger partial charge >= 0.3 is 0 Å². The maximum atomic E-state index is 13.3. The topological polar surface area (TPSA) is 58.1 Å². The monoisotopic (exact) mass is 438 g/mol. The Morgan fingerprint density at radius 1 is 1.21 bits per heavy atom. The molecule has 4 rings (SSSR count). The van der Waals surface area contributed by atoms with E-state index < -0.39 is 0 Å². The summed E-state index contributed by atoms with van der Waals surface area (Å²) in [6.07, 6.45) is 3.88. The van der Waals surface area contributed by atoms with Crippen LogP contribution >= 0.6 is 15.9 Å². The van der Waals surface area contributed by atoms with Crippen LogP contribution in [0.2, 0.25) is 0 Å². The fourth-order valence-electron chi connectivity index (χ4n) is 3.69. The number of aryl methyl sites for hydroxylation is 1. The Kier molecular flexibility index (Phi) is 5.31. The van der Waals surface area contributed by atoms with Crippen molar-refractivity contribution < 1.29 is 4.79 Å². The summed E-state index contributed by atoms with van der Waals surface area (Å²) in [5.74, 6) is 0.555. The van der Waals surface area contributed by atoms with Crippen molar-refractivity contribution in [2.75, 3.05) is 18.4 Å². The second-order valence-corrected chi connectivity index (χ2v) is 8.42. The van der Waals surface area contributed by atoms with Crippen LogP contribution in [0.1, 0.15) is 35.8 Å². The number of piperidine rings is 1. The number of amides is 1. The summed E-state index contributed by atoms with van der Waals surface area (Å²) < 4.78 is 1.01. The molecular formula is C22H23BrN4O. The molecule has 6 heteroatoms. The van der Waals surface area contributed by atoms with E-state index in [9.17, 15) is 4.79 Å². The molecular weight excluding hydrogens is 416 g/mol. The predicted octanol–water partition coefficient (Wildman–Crippen LogP) is 5.32. The van der Waals surface area contributed by atoms with E-state index in [1.807, 2.05) is 48.2 Å². The number of carbonyl (C=O) groups excluding carboxylic acids is 1. The molecule has 1 aromatic carbocycles. The molecule has 1 fully saturated rings. The second kappa shape index (κ2) is 7.87. The molecule has 144 valence electrons. The summed E-state index contributed by atoms with van der Waals surface area (Å²) in [6.45, 7) is 5.73. The van der Waals surface area contributed by atoms with Gasteiger partial charge in [0.05, 0.1) is 11.3 Å². The van der Waals surface area contributed by atoms with E-state index in [0.717, 1.165) is 46.4 Å². The number of fused-ring (bicyclic) bond motifs is 1. The van der Waals surface area contributed by atoms with Gasteiger partial charge in [-0.3, -0.25) is 4.79 Å². The van der Waals surface area contributed by atoms with Gasteiger partial charge in [0.15, 0.2) is 5.65 Å². The van der Waals surface area contributed by atoms with Crippen LogP contribution in [0.3, 0.4) is 0 Å². The largest absolute Gasteiger partial charge is 0.354 e. The van der Waals surface area contributed by atoms with Crippen molar-refractivity contribution in [2.24, 2.45) is 5.92 Å². The SMILES string of the molecule is Cc1ccc2c(Nc3ccc(Br)cc3)c(C(=O)N3CCC[C@@H](C)C3)cnc2n1. The molecule has 0 saturated carbocycles. The van der Waals surface area contributed by atoms with Gasteiger partial charge in [0.2, 0.25) is 0 Å². The third-order valence-electron chi connectivity index (χ3n) is 5.16. The molecule has 3 aromatic rings. The zero-order valence-corrected chi connectivity index (χ0v) is 17.7. The first kappa shape index (κ1) is 18.9. The van der Waals surface area contributed by atoms with Gasteiger partial charge in [-0.1, -0.05) is 22.9 Å². The third-order valence-corrected chi connectivity index (χ3v) is 5.69. The maximum Gasteiger partial charge on any atom is 0.257 e. The number of rotatable bonds is 3. The standard InChI is InChI=1S/C22H23BrN4O/c1-14-4-3-11-27(13-14)22(28)19-12-24-21-18(10-5-15(2)25-21)20(19)26-17-8-6-16(23)7-9-17/h5-10,12,14H,3-4,11,13H2,1-2H3,(H,24,25,26)/t14-/m1/s1. The van der Waals surface area contributed by atoms with Crippen molar-refractivity contribution in [2.45, 2.75) is 26.7 Å². The zero-order valence-electron chi connectivity index (χ0n) is 16.1. The Morgan fingerprint density at radius 2 is 2.00 bits per heavy atom. The number of likely N-dealkylation sites (tertiary alicyclic amines) is 1. The number of hydrogen-bond acceptors (Lipinski definition) is 4. The fraction of sp³-hybridized carbons (Fsp3) is 0.318. The second-order valence-electron chi connectivity index (χ2n) is 7.50. The first-order valence-corrected chi connectivity index (χ1v) is 10.4. The van der Waals surface area contributed by atoms with Crippen molar-refractivity contribution in [1.82, 2.24) is 14.9 Å². The van der Waals surface area contributed by atoms with Gasteiger partial charge in [0.1, 0.15) is 0 Å². The normalized spacial score (nSPS) is 17.0. The van der Waals surface area contributed by atoms with Gasteiger partial charge in [0.25, 0.3) is 5.91 Å². The number of halogens is 1. The van der Waals surface area contributed by atoms with Crippen molar-refractivity contribution in [3.8, 4) is 0 Å². The summed E-state index contributed by atoms with van der Waals surface area (Å²) in [5.41, 5.74) is 3.82. The number of carbonyl (C=O) groups is 1. The van der Waals surface area contributed by atoms with Gasteiger partial charge < -0.3 is 10.2 Å². The van der Waals surface area contributed by atoms with Crippen LogP contribution in [0, 0.1) is 12.8 Å². The van der Waals surface area contributed by atoms with Crippen LogP contribution in [0.25, 0.3) is 11.0 Å². The van der Waals surface area contributed by atoms with Gasteiger partial charge in [-0.25, -0.2) is 9.97 Å². The molecule has 1 aliphatic heterocycles. The average molecular weight is 439 g/mol. The summed E-state index contributed by atoms with van der Waals surface area (Å²) in [5, 5.41) is 4.30. The van der Waals surface area contributed by atoms with Crippen molar-refractivity contribution in [1.29, 1.82) is 0 Å². The lowest BCUT2D eigenvalue weighted by atomic mass is 9.99. The first-order chi connectivity index (χ1) is 13.5. The lowest BCUT2D eigenvalue weighted by Crippen LogP contribution is -2.39. The summed E-state index contributed by atoms with van der Waals surface area (Å²) in [7, 11) is 0. The van der Waals surface area contributed by atoms with Crippen LogP contribution in [0.4, 0.5) is 11.4 Å². The fourth-order valence-corrected chi connectivity index (χ4v) is 3.95. The van der Waals surface area contributed by atoms with Crippen LogP contribution in [-0.4, -0.2) is 33.9 Å². The van der Waals surface area contributed by atoms with Gasteiger partial charge in [-0.2, -0.15) is 0 Å². The molecule has 3 heterocycles. The Labute approximate surface area is 173 Å². The van der Waals surface area contributed by atoms with E-state index in [4.69, 9.17) is 0 Å². The van der Waals surface area contributed by atoms with Crippen LogP contribution in [0.15, 0.2) is 47.1 Å². The molecule has 1 N–H and O–H groups in total. The molecule has 2 aromatic heterocycles. The third kappa shape index (κ3) is 3.87. The van der Waals surface area contributed by atoms with Gasteiger partial charge in [0, 0.05) is 40.5 Å².